The quantitative estimate of drug-likeness (QED) is 0.533. The van der Waals surface area contributed by atoms with Crippen LogP contribution < -0.4 is 5.73 Å². The zero-order valence-electron chi connectivity index (χ0n) is 10.00. The summed E-state index contributed by atoms with van der Waals surface area (Å²) in [5.74, 6) is 0.319. The summed E-state index contributed by atoms with van der Waals surface area (Å²) >= 11 is 0. The van der Waals surface area contributed by atoms with E-state index in [1.165, 1.54) is 13.0 Å². The Morgan fingerprint density at radius 2 is 2.07 bits per heavy atom. The van der Waals surface area contributed by atoms with Crippen LogP contribution in [0.4, 0.5) is 0 Å². The lowest BCUT2D eigenvalue weighted by Gasteiger charge is -2.29. The molecule has 0 saturated carbocycles. The van der Waals surface area contributed by atoms with Gasteiger partial charge in [0.25, 0.3) is 0 Å². The lowest BCUT2D eigenvalue weighted by atomic mass is 10.1. The van der Waals surface area contributed by atoms with Crippen LogP contribution in [-0.2, 0) is 0 Å². The number of nitrogens with zero attached hydrogens (tertiary/aromatic N) is 2. The number of hydrogen-bond acceptors (Lipinski definition) is 3. The van der Waals surface area contributed by atoms with Gasteiger partial charge in [0.05, 0.1) is 5.84 Å². The van der Waals surface area contributed by atoms with Gasteiger partial charge in [0.1, 0.15) is 0 Å². The number of hydrogen-bond donors (Lipinski definition) is 2. The van der Waals surface area contributed by atoms with Gasteiger partial charge in [-0.3, -0.25) is 10.3 Å². The number of rotatable bonds is 4. The van der Waals surface area contributed by atoms with E-state index in [-0.39, 0.29) is 0 Å². The normalized spacial score (nSPS) is 22.3. The van der Waals surface area contributed by atoms with Crippen molar-refractivity contribution in [2.24, 2.45) is 5.73 Å². The molecule has 4 nitrogen and oxygen atoms in total. The van der Waals surface area contributed by atoms with Gasteiger partial charge in [-0.25, -0.2) is 0 Å². The minimum absolute atomic E-state index is 0.319. The second kappa shape index (κ2) is 6.08. The molecule has 0 radical (unpaired) electrons. The van der Waals surface area contributed by atoms with Gasteiger partial charge in [-0.15, -0.1) is 0 Å². The summed E-state index contributed by atoms with van der Waals surface area (Å²) in [6.45, 7) is 6.77. The minimum Gasteiger partial charge on any atom is -0.388 e. The maximum absolute atomic E-state index is 7.38. The first-order chi connectivity index (χ1) is 7.13. The molecule has 15 heavy (non-hydrogen) atoms. The van der Waals surface area contributed by atoms with Crippen LogP contribution in [0.1, 0.15) is 26.2 Å². The predicted molar refractivity (Wildman–Crippen MR) is 64.3 cm³/mol. The van der Waals surface area contributed by atoms with Crippen molar-refractivity contribution in [3.05, 3.63) is 0 Å². The monoisotopic (exact) mass is 212 g/mol. The first kappa shape index (κ1) is 12.5. The second-order valence-electron chi connectivity index (χ2n) is 4.48. The SMILES string of the molecule is CCC(CC(=N)N)N1CCCN(C)CC1. The van der Waals surface area contributed by atoms with Crippen LogP contribution >= 0.6 is 0 Å². The summed E-state index contributed by atoms with van der Waals surface area (Å²) in [6, 6.07) is 0.467. The molecule has 0 aromatic rings. The van der Waals surface area contributed by atoms with Crippen LogP contribution in [0.15, 0.2) is 0 Å². The highest BCUT2D eigenvalue weighted by Gasteiger charge is 2.19. The van der Waals surface area contributed by atoms with Crippen molar-refractivity contribution in [1.82, 2.24) is 9.80 Å². The van der Waals surface area contributed by atoms with Crippen LogP contribution in [0.25, 0.3) is 0 Å². The van der Waals surface area contributed by atoms with E-state index in [4.69, 9.17) is 11.1 Å². The van der Waals surface area contributed by atoms with Gasteiger partial charge >= 0.3 is 0 Å². The van der Waals surface area contributed by atoms with Gasteiger partial charge in [0, 0.05) is 25.6 Å². The van der Waals surface area contributed by atoms with Crippen molar-refractivity contribution < 1.29 is 0 Å². The van der Waals surface area contributed by atoms with Crippen molar-refractivity contribution in [1.29, 1.82) is 5.41 Å². The molecule has 88 valence electrons. The van der Waals surface area contributed by atoms with Crippen LogP contribution in [-0.4, -0.2) is 54.9 Å². The zero-order chi connectivity index (χ0) is 11.3. The Morgan fingerprint density at radius 1 is 1.33 bits per heavy atom. The molecule has 1 fully saturated rings. The summed E-state index contributed by atoms with van der Waals surface area (Å²) in [4.78, 5) is 4.87. The molecule has 1 saturated heterocycles. The van der Waals surface area contributed by atoms with Crippen LogP contribution in [0.2, 0.25) is 0 Å². The lowest BCUT2D eigenvalue weighted by molar-refractivity contribution is 0.201. The molecular weight excluding hydrogens is 188 g/mol. The van der Waals surface area contributed by atoms with E-state index in [0.29, 0.717) is 11.9 Å². The van der Waals surface area contributed by atoms with Crippen molar-refractivity contribution in [3.8, 4) is 0 Å². The zero-order valence-corrected chi connectivity index (χ0v) is 10.00. The Bertz CT molecular complexity index is 205. The Kier molecular flexibility index (Phi) is 5.05. The molecule has 1 rings (SSSR count). The van der Waals surface area contributed by atoms with Crippen molar-refractivity contribution in [3.63, 3.8) is 0 Å². The highest BCUT2D eigenvalue weighted by molar-refractivity contribution is 5.77. The van der Waals surface area contributed by atoms with E-state index in [1.54, 1.807) is 0 Å². The molecule has 1 aliphatic heterocycles. The first-order valence-electron chi connectivity index (χ1n) is 5.89. The van der Waals surface area contributed by atoms with E-state index in [0.717, 1.165) is 32.5 Å². The fourth-order valence-corrected chi connectivity index (χ4v) is 2.22. The van der Waals surface area contributed by atoms with E-state index in [9.17, 15) is 0 Å². The summed E-state index contributed by atoms with van der Waals surface area (Å²) in [5.41, 5.74) is 5.49. The van der Waals surface area contributed by atoms with Crippen molar-refractivity contribution in [2.45, 2.75) is 32.2 Å². The highest BCUT2D eigenvalue weighted by atomic mass is 15.2. The number of amidine groups is 1. The third kappa shape index (κ3) is 4.18. The van der Waals surface area contributed by atoms with Gasteiger partial charge in [0.15, 0.2) is 0 Å². The maximum atomic E-state index is 7.38. The Hall–Kier alpha value is -0.610. The summed E-state index contributed by atoms with van der Waals surface area (Å²) in [7, 11) is 2.18. The minimum atomic E-state index is 0.319. The summed E-state index contributed by atoms with van der Waals surface area (Å²) in [6.07, 6.45) is 3.04. The molecule has 0 bridgehead atoms. The Morgan fingerprint density at radius 3 is 2.67 bits per heavy atom. The van der Waals surface area contributed by atoms with E-state index in [1.807, 2.05) is 0 Å². The average molecular weight is 212 g/mol. The van der Waals surface area contributed by atoms with Gasteiger partial charge in [0.2, 0.25) is 0 Å². The summed E-state index contributed by atoms with van der Waals surface area (Å²) in [5, 5.41) is 7.38. The van der Waals surface area contributed by atoms with E-state index < -0.39 is 0 Å². The third-order valence-electron chi connectivity index (χ3n) is 3.20. The molecule has 0 aromatic heterocycles. The van der Waals surface area contributed by atoms with E-state index >= 15 is 0 Å². The molecule has 1 aliphatic rings. The molecule has 3 N–H and O–H groups in total. The molecule has 1 heterocycles. The van der Waals surface area contributed by atoms with Crippen molar-refractivity contribution >= 4 is 5.84 Å². The van der Waals surface area contributed by atoms with Crippen LogP contribution in [0.5, 0.6) is 0 Å². The number of nitrogens with two attached hydrogens (primary N) is 1. The Labute approximate surface area is 92.9 Å². The largest absolute Gasteiger partial charge is 0.388 e. The topological polar surface area (TPSA) is 56.4 Å². The lowest BCUT2D eigenvalue weighted by Crippen LogP contribution is -2.40. The molecule has 0 spiro atoms. The smallest absolute Gasteiger partial charge is 0.0921 e. The second-order valence-corrected chi connectivity index (χ2v) is 4.48. The van der Waals surface area contributed by atoms with Gasteiger partial charge in [-0.1, -0.05) is 6.92 Å². The maximum Gasteiger partial charge on any atom is 0.0921 e. The molecule has 1 unspecified atom stereocenters. The number of likely N-dealkylation sites (N-methyl/N-ethyl adjacent to an activating group) is 1. The highest BCUT2D eigenvalue weighted by Crippen LogP contribution is 2.11. The molecule has 1 atom stereocenters. The molecule has 0 amide bonds. The first-order valence-corrected chi connectivity index (χ1v) is 5.89. The van der Waals surface area contributed by atoms with Gasteiger partial charge in [-0.2, -0.15) is 0 Å². The average Bonchev–Trinajstić information content (AvgIpc) is 2.39. The van der Waals surface area contributed by atoms with Crippen LogP contribution in [0.3, 0.4) is 0 Å². The summed E-state index contributed by atoms with van der Waals surface area (Å²) < 4.78 is 0. The third-order valence-corrected chi connectivity index (χ3v) is 3.20. The molecule has 0 aliphatic carbocycles. The fourth-order valence-electron chi connectivity index (χ4n) is 2.22. The van der Waals surface area contributed by atoms with Gasteiger partial charge < -0.3 is 10.6 Å². The Balaban J connectivity index is 2.47. The molecule has 0 aromatic carbocycles. The molecular formula is C11H24N4. The molecule has 4 heteroatoms. The van der Waals surface area contributed by atoms with E-state index in [2.05, 4.69) is 23.8 Å². The van der Waals surface area contributed by atoms with Crippen LogP contribution in [0, 0.1) is 5.41 Å². The standard InChI is InChI=1S/C11H24N4/c1-3-10(9-11(12)13)15-6-4-5-14(2)7-8-15/h10H,3-9H2,1-2H3,(H3,12,13). The fraction of sp³-hybridized carbons (Fsp3) is 0.909. The van der Waals surface area contributed by atoms with Gasteiger partial charge in [-0.05, 0) is 33.0 Å². The number of nitrogens with one attached hydrogen (secondary N) is 1. The predicted octanol–water partition coefficient (Wildman–Crippen LogP) is 0.729. The van der Waals surface area contributed by atoms with Crippen molar-refractivity contribution in [2.75, 3.05) is 33.2 Å².